The van der Waals surface area contributed by atoms with Crippen LogP contribution in [0.2, 0.25) is 5.02 Å². The van der Waals surface area contributed by atoms with Crippen molar-refractivity contribution >= 4 is 47.2 Å². The first-order valence-electron chi connectivity index (χ1n) is 12.1. The number of imidazole rings is 1. The highest BCUT2D eigenvalue weighted by atomic mass is 35.5. The minimum absolute atomic E-state index is 0.296. The van der Waals surface area contributed by atoms with Gasteiger partial charge in [-0.2, -0.15) is 5.10 Å². The first-order chi connectivity index (χ1) is 18.4. The second-order valence-electron chi connectivity index (χ2n) is 8.84. The standard InChI is InChI=1S/C26H30ClN9O2/c27-18-7-9-23(36(30)15-33-29)16(12-18)6-10-24(37)34-20-4-2-1-3-11-31-21-13-17(25(28)38)5-8-19(21)22-14-32-26(20)35-22/h5-10,12-15,20,31H,1-4,11,29-30H2,(H2,28,38)(H,32,35)(H,34,37)/b10-6+,33-15-. The summed E-state index contributed by atoms with van der Waals surface area (Å²) in [4.78, 5) is 32.6. The van der Waals surface area contributed by atoms with Gasteiger partial charge in [0.25, 0.3) is 0 Å². The molecule has 9 N–H and O–H groups in total. The molecule has 2 amide bonds. The van der Waals surface area contributed by atoms with Crippen molar-refractivity contribution in [3.8, 4) is 11.3 Å². The number of H-pyrrole nitrogens is 1. The van der Waals surface area contributed by atoms with Crippen molar-refractivity contribution in [3.63, 3.8) is 0 Å². The molecule has 0 saturated carbocycles. The van der Waals surface area contributed by atoms with Crippen molar-refractivity contribution in [1.82, 2.24) is 15.3 Å². The van der Waals surface area contributed by atoms with Crippen LogP contribution in [0.1, 0.15) is 53.5 Å². The van der Waals surface area contributed by atoms with Crippen LogP contribution in [-0.4, -0.2) is 34.7 Å². The molecule has 12 heteroatoms. The number of nitrogens with two attached hydrogens (primary N) is 3. The summed E-state index contributed by atoms with van der Waals surface area (Å²) in [6.07, 6.45) is 9.58. The third kappa shape index (κ3) is 6.50. The van der Waals surface area contributed by atoms with Crippen LogP contribution in [0.3, 0.4) is 0 Å². The summed E-state index contributed by atoms with van der Waals surface area (Å²) in [6, 6.07) is 10.00. The molecule has 198 valence electrons. The number of hydrogen-bond acceptors (Lipinski definition) is 7. The number of amides is 2. The number of carbonyl (C=O) groups excluding carboxylic acids is 2. The van der Waals surface area contributed by atoms with E-state index >= 15 is 0 Å². The maximum atomic E-state index is 13.0. The topological polar surface area (TPSA) is 181 Å². The highest BCUT2D eigenvalue weighted by Crippen LogP contribution is 2.30. The molecule has 0 radical (unpaired) electrons. The Labute approximate surface area is 225 Å². The summed E-state index contributed by atoms with van der Waals surface area (Å²) in [5, 5.41) is 11.6. The minimum atomic E-state index is -0.490. The lowest BCUT2D eigenvalue weighted by molar-refractivity contribution is -0.117. The van der Waals surface area contributed by atoms with Crippen molar-refractivity contribution in [3.05, 3.63) is 70.6 Å². The predicted octanol–water partition coefficient (Wildman–Crippen LogP) is 3.27. The van der Waals surface area contributed by atoms with Crippen molar-refractivity contribution in [2.75, 3.05) is 16.9 Å². The quantitative estimate of drug-likeness (QED) is 0.0920. The van der Waals surface area contributed by atoms with E-state index in [-0.39, 0.29) is 11.9 Å². The molecule has 1 aromatic heterocycles. The molecule has 1 unspecified atom stereocenters. The van der Waals surface area contributed by atoms with Crippen LogP contribution >= 0.6 is 11.6 Å². The second kappa shape index (κ2) is 12.3. The number of rotatable bonds is 6. The Balaban J connectivity index is 1.57. The number of anilines is 2. The third-order valence-electron chi connectivity index (χ3n) is 6.18. The van der Waals surface area contributed by atoms with E-state index in [9.17, 15) is 9.59 Å². The van der Waals surface area contributed by atoms with Crippen LogP contribution in [0.5, 0.6) is 0 Å². The van der Waals surface area contributed by atoms with Gasteiger partial charge in [0.05, 0.1) is 17.4 Å². The molecule has 0 fully saturated rings. The van der Waals surface area contributed by atoms with Gasteiger partial charge in [0.1, 0.15) is 12.2 Å². The monoisotopic (exact) mass is 535 g/mol. The number of hydrazone groups is 1. The maximum absolute atomic E-state index is 13.0. The lowest BCUT2D eigenvalue weighted by Crippen LogP contribution is -2.30. The lowest BCUT2D eigenvalue weighted by Gasteiger charge is -2.18. The minimum Gasteiger partial charge on any atom is -0.384 e. The molecule has 1 aliphatic rings. The zero-order valence-electron chi connectivity index (χ0n) is 20.7. The molecule has 0 aliphatic carbocycles. The molecule has 4 rings (SSSR count). The summed E-state index contributed by atoms with van der Waals surface area (Å²) in [5.74, 6) is 11.0. The van der Waals surface area contributed by atoms with Crippen LogP contribution < -0.4 is 33.1 Å². The molecule has 11 nitrogen and oxygen atoms in total. The number of nitrogens with zero attached hydrogens (tertiary/aromatic N) is 3. The van der Waals surface area contributed by atoms with Crippen LogP contribution in [0.4, 0.5) is 11.4 Å². The number of nitrogens with one attached hydrogen (secondary N) is 3. The normalized spacial score (nSPS) is 15.8. The molecule has 1 atom stereocenters. The van der Waals surface area contributed by atoms with E-state index in [1.165, 1.54) is 17.4 Å². The van der Waals surface area contributed by atoms with Gasteiger partial charge in [0, 0.05) is 46.2 Å². The average Bonchev–Trinajstić information content (AvgIpc) is 3.38. The number of aromatic nitrogens is 2. The fraction of sp³-hybridized carbons (Fsp3) is 0.231. The molecule has 2 bridgehead atoms. The number of aromatic amines is 1. The Bertz CT molecular complexity index is 1370. The number of primary amides is 1. The number of hydrazine groups is 1. The molecule has 2 heterocycles. The highest BCUT2D eigenvalue weighted by Gasteiger charge is 2.20. The average molecular weight is 536 g/mol. The first-order valence-corrected chi connectivity index (χ1v) is 12.5. The van der Waals surface area contributed by atoms with Gasteiger partial charge in [0.15, 0.2) is 0 Å². The Kier molecular flexibility index (Phi) is 8.62. The zero-order chi connectivity index (χ0) is 27.1. The number of fused-ring (bicyclic) bond motifs is 4. The van der Waals surface area contributed by atoms with Crippen molar-refractivity contribution < 1.29 is 9.59 Å². The molecule has 3 aromatic rings. The second-order valence-corrected chi connectivity index (χ2v) is 9.28. The predicted molar refractivity (Wildman–Crippen MR) is 150 cm³/mol. The smallest absolute Gasteiger partial charge is 0.248 e. The summed E-state index contributed by atoms with van der Waals surface area (Å²) in [6.45, 7) is 0.737. The van der Waals surface area contributed by atoms with Gasteiger partial charge in [-0.15, -0.1) is 0 Å². The molecular formula is C26H30ClN9O2. The number of benzene rings is 2. The molecule has 0 saturated heterocycles. The van der Waals surface area contributed by atoms with E-state index in [4.69, 9.17) is 34.0 Å². The van der Waals surface area contributed by atoms with Crippen LogP contribution in [0, 0.1) is 0 Å². The van der Waals surface area contributed by atoms with Crippen molar-refractivity contribution in [2.45, 2.75) is 31.7 Å². The molecule has 1 aliphatic heterocycles. The number of halogens is 1. The number of hydrogen-bond donors (Lipinski definition) is 6. The molecule has 0 spiro atoms. The molecule has 2 aromatic carbocycles. The molecule has 38 heavy (non-hydrogen) atoms. The largest absolute Gasteiger partial charge is 0.384 e. The van der Waals surface area contributed by atoms with E-state index in [1.54, 1.807) is 42.6 Å². The fourth-order valence-electron chi connectivity index (χ4n) is 4.28. The van der Waals surface area contributed by atoms with Crippen LogP contribution in [0.15, 0.2) is 53.8 Å². The SMILES string of the molecule is N/N=C\N(N)c1ccc(Cl)cc1/C=C/C(=O)NC1CCCCCNc2cc(C(N)=O)ccc2-c2c[nH]c1n2. The van der Waals surface area contributed by atoms with E-state index < -0.39 is 5.91 Å². The summed E-state index contributed by atoms with van der Waals surface area (Å²) in [5.41, 5.74) is 9.40. The van der Waals surface area contributed by atoms with Crippen molar-refractivity contribution in [1.29, 1.82) is 0 Å². The first kappa shape index (κ1) is 26.7. The van der Waals surface area contributed by atoms with Crippen molar-refractivity contribution in [2.24, 2.45) is 22.5 Å². The lowest BCUT2D eigenvalue weighted by atomic mass is 10.0. The van der Waals surface area contributed by atoms with Gasteiger partial charge >= 0.3 is 0 Å². The van der Waals surface area contributed by atoms with Gasteiger partial charge in [-0.05, 0) is 55.3 Å². The van der Waals surface area contributed by atoms with E-state index in [2.05, 4.69) is 20.7 Å². The fourth-order valence-corrected chi connectivity index (χ4v) is 4.46. The van der Waals surface area contributed by atoms with Gasteiger partial charge in [-0.25, -0.2) is 10.8 Å². The summed E-state index contributed by atoms with van der Waals surface area (Å²) >= 11 is 6.15. The summed E-state index contributed by atoms with van der Waals surface area (Å²) < 4.78 is 0. The van der Waals surface area contributed by atoms with Gasteiger partial charge in [-0.1, -0.05) is 24.4 Å². The highest BCUT2D eigenvalue weighted by molar-refractivity contribution is 6.30. The third-order valence-corrected chi connectivity index (χ3v) is 6.42. The van der Waals surface area contributed by atoms with Crippen LogP contribution in [-0.2, 0) is 4.79 Å². The van der Waals surface area contributed by atoms with Crippen LogP contribution in [0.25, 0.3) is 17.3 Å². The Morgan fingerprint density at radius 2 is 2.03 bits per heavy atom. The van der Waals surface area contributed by atoms with E-state index in [0.29, 0.717) is 39.8 Å². The summed E-state index contributed by atoms with van der Waals surface area (Å²) in [7, 11) is 0. The van der Waals surface area contributed by atoms with E-state index in [1.807, 2.05) is 6.07 Å². The Hall–Kier alpha value is -4.35. The number of carbonyl (C=O) groups is 2. The zero-order valence-corrected chi connectivity index (χ0v) is 21.4. The maximum Gasteiger partial charge on any atom is 0.248 e. The molecular weight excluding hydrogens is 506 g/mol. The van der Waals surface area contributed by atoms with Gasteiger partial charge in [0.2, 0.25) is 11.8 Å². The Morgan fingerprint density at radius 1 is 1.18 bits per heavy atom. The van der Waals surface area contributed by atoms with Gasteiger partial charge < -0.3 is 27.2 Å². The van der Waals surface area contributed by atoms with Gasteiger partial charge in [-0.3, -0.25) is 14.6 Å². The van der Waals surface area contributed by atoms with E-state index in [0.717, 1.165) is 37.1 Å². The Morgan fingerprint density at radius 3 is 2.82 bits per heavy atom.